The molecule has 3 aromatic heterocycles. The summed E-state index contributed by atoms with van der Waals surface area (Å²) in [5.74, 6) is 1.76. The molecule has 0 radical (unpaired) electrons. The predicted octanol–water partition coefficient (Wildman–Crippen LogP) is -0.197. The molecule has 2 N–H and O–H groups in total. The Morgan fingerprint density at radius 2 is 2.12 bits per heavy atom. The van der Waals surface area contributed by atoms with Gasteiger partial charge in [0.05, 0.1) is 25.8 Å². The fourth-order valence-electron chi connectivity index (χ4n) is 2.95. The van der Waals surface area contributed by atoms with Gasteiger partial charge in [0.15, 0.2) is 17.0 Å². The van der Waals surface area contributed by atoms with E-state index < -0.39 is 0 Å². The van der Waals surface area contributed by atoms with Gasteiger partial charge in [0.25, 0.3) is 0 Å². The minimum absolute atomic E-state index is 0.0149. The minimum Gasteiger partial charge on any atom is -0.382 e. The van der Waals surface area contributed by atoms with E-state index in [2.05, 4.69) is 35.1 Å². The van der Waals surface area contributed by atoms with Crippen LogP contribution in [0.1, 0.15) is 11.6 Å². The maximum absolute atomic E-state index is 5.89. The van der Waals surface area contributed by atoms with Gasteiger partial charge in [0.1, 0.15) is 11.6 Å². The molecule has 130 valence electrons. The average Bonchev–Trinajstić information content (AvgIpc) is 2.99. The lowest BCUT2D eigenvalue weighted by Gasteiger charge is -2.32. The van der Waals surface area contributed by atoms with Crippen LogP contribution >= 0.6 is 0 Å². The lowest BCUT2D eigenvalue weighted by molar-refractivity contribution is -0.0406. The highest BCUT2D eigenvalue weighted by molar-refractivity contribution is 5.80. The van der Waals surface area contributed by atoms with E-state index in [-0.39, 0.29) is 6.10 Å². The molecular formula is C15H19N9O. The van der Waals surface area contributed by atoms with E-state index in [4.69, 9.17) is 10.5 Å². The number of nitrogen functional groups attached to an aromatic ring is 1. The fraction of sp³-hybridized carbons (Fsp3) is 0.467. The Kier molecular flexibility index (Phi) is 4.20. The molecule has 0 aromatic carbocycles. The maximum Gasteiger partial charge on any atom is 0.184 e. The highest BCUT2D eigenvalue weighted by Gasteiger charge is 2.23. The molecule has 0 spiro atoms. The monoisotopic (exact) mass is 341 g/mol. The molecule has 25 heavy (non-hydrogen) atoms. The van der Waals surface area contributed by atoms with Crippen molar-refractivity contribution >= 4 is 17.0 Å². The van der Waals surface area contributed by atoms with Crippen LogP contribution in [0.15, 0.2) is 18.5 Å². The summed E-state index contributed by atoms with van der Waals surface area (Å²) in [7, 11) is 0. The van der Waals surface area contributed by atoms with Gasteiger partial charge in [0, 0.05) is 25.5 Å². The Morgan fingerprint density at radius 1 is 1.28 bits per heavy atom. The van der Waals surface area contributed by atoms with E-state index in [1.165, 1.54) is 0 Å². The van der Waals surface area contributed by atoms with Crippen LogP contribution in [0, 0.1) is 6.92 Å². The summed E-state index contributed by atoms with van der Waals surface area (Å²) in [6, 6.07) is 1.82. The lowest BCUT2D eigenvalue weighted by atomic mass is 10.2. The van der Waals surface area contributed by atoms with Gasteiger partial charge in [-0.25, -0.2) is 24.6 Å². The Balaban J connectivity index is 1.47. The largest absolute Gasteiger partial charge is 0.382 e. The molecule has 4 heterocycles. The Labute approximate surface area is 144 Å². The molecule has 1 atom stereocenters. The molecule has 1 fully saturated rings. The predicted molar refractivity (Wildman–Crippen MR) is 89.3 cm³/mol. The van der Waals surface area contributed by atoms with Crippen molar-refractivity contribution in [1.29, 1.82) is 0 Å². The summed E-state index contributed by atoms with van der Waals surface area (Å²) in [4.78, 5) is 19.4. The number of hydrogen-bond acceptors (Lipinski definition) is 9. The summed E-state index contributed by atoms with van der Waals surface area (Å²) in [6.45, 7) is 5.32. The van der Waals surface area contributed by atoms with Gasteiger partial charge in [0.2, 0.25) is 0 Å². The first-order valence-electron chi connectivity index (χ1n) is 8.12. The molecule has 1 aliphatic heterocycles. The molecule has 0 aliphatic carbocycles. The number of hydrogen-bond donors (Lipinski definition) is 1. The third-order valence-corrected chi connectivity index (χ3v) is 4.09. The molecule has 1 unspecified atom stereocenters. The second kappa shape index (κ2) is 6.65. The third-order valence-electron chi connectivity index (χ3n) is 4.09. The molecule has 0 bridgehead atoms. The highest BCUT2D eigenvalue weighted by atomic mass is 16.5. The van der Waals surface area contributed by atoms with Crippen molar-refractivity contribution < 1.29 is 4.74 Å². The number of anilines is 1. The molecule has 0 saturated carbocycles. The van der Waals surface area contributed by atoms with E-state index >= 15 is 0 Å². The second-order valence-electron chi connectivity index (χ2n) is 5.99. The summed E-state index contributed by atoms with van der Waals surface area (Å²) in [6.07, 6.45) is 3.50. The van der Waals surface area contributed by atoms with E-state index in [0.29, 0.717) is 42.5 Å². The highest BCUT2D eigenvalue weighted by Crippen LogP contribution is 2.16. The molecule has 1 saturated heterocycles. The number of aryl methyl sites for hydroxylation is 1. The van der Waals surface area contributed by atoms with Crippen molar-refractivity contribution in [3.8, 4) is 0 Å². The van der Waals surface area contributed by atoms with Gasteiger partial charge in [-0.2, -0.15) is 0 Å². The normalized spacial score (nSPS) is 18.7. The summed E-state index contributed by atoms with van der Waals surface area (Å²) in [5.41, 5.74) is 7.05. The smallest absolute Gasteiger partial charge is 0.184 e. The first kappa shape index (κ1) is 15.8. The van der Waals surface area contributed by atoms with Crippen LogP contribution in [0.2, 0.25) is 0 Å². The number of rotatable bonds is 4. The summed E-state index contributed by atoms with van der Waals surface area (Å²) >= 11 is 0. The average molecular weight is 341 g/mol. The van der Waals surface area contributed by atoms with Crippen LogP contribution in [-0.4, -0.2) is 65.6 Å². The molecule has 4 rings (SSSR count). The van der Waals surface area contributed by atoms with E-state index in [0.717, 1.165) is 18.9 Å². The molecule has 3 aromatic rings. The van der Waals surface area contributed by atoms with Crippen molar-refractivity contribution in [3.05, 3.63) is 30.1 Å². The van der Waals surface area contributed by atoms with E-state index in [1.54, 1.807) is 24.0 Å². The zero-order chi connectivity index (χ0) is 17.2. The molecule has 10 heteroatoms. The van der Waals surface area contributed by atoms with E-state index in [1.807, 2.05) is 6.07 Å². The van der Waals surface area contributed by atoms with Gasteiger partial charge in [-0.1, -0.05) is 5.21 Å². The van der Waals surface area contributed by atoms with Crippen molar-refractivity contribution in [3.63, 3.8) is 0 Å². The number of aromatic nitrogens is 7. The van der Waals surface area contributed by atoms with Gasteiger partial charge in [-0.15, -0.1) is 5.10 Å². The van der Waals surface area contributed by atoms with Gasteiger partial charge < -0.3 is 10.5 Å². The van der Waals surface area contributed by atoms with Crippen molar-refractivity contribution in [2.24, 2.45) is 0 Å². The van der Waals surface area contributed by atoms with Crippen molar-refractivity contribution in [2.75, 3.05) is 25.4 Å². The quantitative estimate of drug-likeness (QED) is 0.687. The number of fused-ring (bicyclic) bond motifs is 1. The standard InChI is InChI=1S/C15H19N9O/c1-10-19-14(16)13-15(20-10)24(22-21-13)8-11-7-23(5-6-25-11)9-12-17-3-2-4-18-12/h2-4,11H,5-9H2,1H3,(H2,16,19,20). The van der Waals surface area contributed by atoms with Crippen molar-refractivity contribution in [2.45, 2.75) is 26.1 Å². The Bertz CT molecular complexity index is 866. The number of nitrogens with two attached hydrogens (primary N) is 1. The molecule has 0 amide bonds. The van der Waals surface area contributed by atoms with E-state index in [9.17, 15) is 0 Å². The van der Waals surface area contributed by atoms with Gasteiger partial charge in [-0.05, 0) is 13.0 Å². The summed E-state index contributed by atoms with van der Waals surface area (Å²) in [5, 5.41) is 8.25. The van der Waals surface area contributed by atoms with Crippen LogP contribution < -0.4 is 5.73 Å². The fourth-order valence-corrected chi connectivity index (χ4v) is 2.95. The van der Waals surface area contributed by atoms with Crippen LogP contribution in [0.25, 0.3) is 11.2 Å². The zero-order valence-corrected chi connectivity index (χ0v) is 13.9. The van der Waals surface area contributed by atoms with Crippen molar-refractivity contribution in [1.82, 2.24) is 39.8 Å². The Hall–Kier alpha value is -2.72. The van der Waals surface area contributed by atoms with Crippen LogP contribution in [-0.2, 0) is 17.8 Å². The second-order valence-corrected chi connectivity index (χ2v) is 5.99. The van der Waals surface area contributed by atoms with Crippen LogP contribution in [0.4, 0.5) is 5.82 Å². The minimum atomic E-state index is -0.0149. The SMILES string of the molecule is Cc1nc(N)c2nnn(CC3CN(Cc4ncccn4)CCO3)c2n1. The third kappa shape index (κ3) is 3.39. The molecular weight excluding hydrogens is 322 g/mol. The number of morpholine rings is 1. The molecule has 10 nitrogen and oxygen atoms in total. The maximum atomic E-state index is 5.89. The van der Waals surface area contributed by atoms with Gasteiger partial charge in [-0.3, -0.25) is 4.90 Å². The number of ether oxygens (including phenoxy) is 1. The van der Waals surface area contributed by atoms with Crippen LogP contribution in [0.3, 0.4) is 0 Å². The number of nitrogens with zero attached hydrogens (tertiary/aromatic N) is 8. The molecule has 1 aliphatic rings. The van der Waals surface area contributed by atoms with Crippen LogP contribution in [0.5, 0.6) is 0 Å². The summed E-state index contributed by atoms with van der Waals surface area (Å²) < 4.78 is 7.61. The van der Waals surface area contributed by atoms with Gasteiger partial charge >= 0.3 is 0 Å². The topological polar surface area (TPSA) is 121 Å². The first-order chi connectivity index (χ1) is 12.2. The first-order valence-corrected chi connectivity index (χ1v) is 8.12. The lowest BCUT2D eigenvalue weighted by Crippen LogP contribution is -2.44. The Morgan fingerprint density at radius 3 is 2.96 bits per heavy atom. The zero-order valence-electron chi connectivity index (χ0n) is 13.9.